The van der Waals surface area contributed by atoms with E-state index in [1.807, 2.05) is 13.0 Å². The average Bonchev–Trinajstić information content (AvgIpc) is 2.38. The molecule has 0 saturated carbocycles. The van der Waals surface area contributed by atoms with Crippen molar-refractivity contribution >= 4 is 0 Å². The lowest BCUT2D eigenvalue weighted by molar-refractivity contribution is 0.272. The van der Waals surface area contributed by atoms with Crippen LogP contribution in [0.3, 0.4) is 0 Å². The third kappa shape index (κ3) is 4.25. The molecule has 1 aromatic rings. The number of rotatable bonds is 6. The standard InChI is InChI=1S/C16H24N2O/c1-12(2)15-7-6-14(10-13(15)3)19-9-8-16(4,11-17)18-5/h6-7,10,12,18H,8-9H2,1-5H3. The van der Waals surface area contributed by atoms with Gasteiger partial charge in [0.05, 0.1) is 12.7 Å². The van der Waals surface area contributed by atoms with E-state index in [4.69, 9.17) is 10.00 Å². The summed E-state index contributed by atoms with van der Waals surface area (Å²) in [6, 6.07) is 8.45. The number of benzene rings is 1. The van der Waals surface area contributed by atoms with Gasteiger partial charge in [-0.25, -0.2) is 0 Å². The maximum Gasteiger partial charge on any atom is 0.119 e. The second kappa shape index (κ2) is 6.58. The lowest BCUT2D eigenvalue weighted by Gasteiger charge is -2.20. The molecule has 1 aromatic carbocycles. The van der Waals surface area contributed by atoms with Gasteiger partial charge < -0.3 is 10.1 Å². The molecule has 1 atom stereocenters. The van der Waals surface area contributed by atoms with Crippen molar-refractivity contribution in [3.05, 3.63) is 29.3 Å². The molecule has 0 saturated heterocycles. The van der Waals surface area contributed by atoms with Gasteiger partial charge in [-0.15, -0.1) is 0 Å². The zero-order valence-electron chi connectivity index (χ0n) is 12.6. The maximum atomic E-state index is 9.06. The van der Waals surface area contributed by atoms with Gasteiger partial charge in [0.1, 0.15) is 11.3 Å². The van der Waals surface area contributed by atoms with Gasteiger partial charge in [0.25, 0.3) is 0 Å². The number of hydrogen-bond acceptors (Lipinski definition) is 3. The highest BCUT2D eigenvalue weighted by molar-refractivity contribution is 5.36. The van der Waals surface area contributed by atoms with Crippen molar-refractivity contribution in [1.82, 2.24) is 5.32 Å². The van der Waals surface area contributed by atoms with E-state index >= 15 is 0 Å². The first-order valence-electron chi connectivity index (χ1n) is 6.75. The largest absolute Gasteiger partial charge is 0.493 e. The van der Waals surface area contributed by atoms with Crippen LogP contribution in [0.4, 0.5) is 0 Å². The maximum absolute atomic E-state index is 9.06. The van der Waals surface area contributed by atoms with Gasteiger partial charge >= 0.3 is 0 Å². The van der Waals surface area contributed by atoms with Crippen LogP contribution >= 0.6 is 0 Å². The molecule has 0 heterocycles. The SMILES string of the molecule is CNC(C)(C#N)CCOc1ccc(C(C)C)c(C)c1. The second-order valence-corrected chi connectivity index (χ2v) is 5.47. The van der Waals surface area contributed by atoms with Crippen molar-refractivity contribution in [2.75, 3.05) is 13.7 Å². The predicted octanol–water partition coefficient (Wildman–Crippen LogP) is 3.39. The normalized spacial score (nSPS) is 13.9. The Morgan fingerprint density at radius 2 is 2.11 bits per heavy atom. The van der Waals surface area contributed by atoms with E-state index < -0.39 is 5.54 Å². The molecule has 0 amide bonds. The van der Waals surface area contributed by atoms with E-state index in [9.17, 15) is 0 Å². The van der Waals surface area contributed by atoms with Crippen LogP contribution in [0.25, 0.3) is 0 Å². The Bertz CT molecular complexity index is 462. The fourth-order valence-corrected chi connectivity index (χ4v) is 2.00. The van der Waals surface area contributed by atoms with Crippen LogP contribution < -0.4 is 10.1 Å². The highest BCUT2D eigenvalue weighted by Crippen LogP contribution is 2.23. The summed E-state index contributed by atoms with van der Waals surface area (Å²) in [4.78, 5) is 0. The van der Waals surface area contributed by atoms with Gasteiger partial charge in [0.2, 0.25) is 0 Å². The van der Waals surface area contributed by atoms with Crippen molar-refractivity contribution < 1.29 is 4.74 Å². The number of ether oxygens (including phenoxy) is 1. The van der Waals surface area contributed by atoms with Crippen LogP contribution in [0.2, 0.25) is 0 Å². The predicted molar refractivity (Wildman–Crippen MR) is 78.5 cm³/mol. The number of nitrogens with one attached hydrogen (secondary N) is 1. The van der Waals surface area contributed by atoms with Crippen LogP contribution in [0.15, 0.2) is 18.2 Å². The topological polar surface area (TPSA) is 45.0 Å². The Morgan fingerprint density at radius 1 is 1.42 bits per heavy atom. The van der Waals surface area contributed by atoms with E-state index in [0.717, 1.165) is 5.75 Å². The minimum absolute atomic E-state index is 0.521. The number of nitriles is 1. The van der Waals surface area contributed by atoms with Crippen LogP contribution in [-0.4, -0.2) is 19.2 Å². The lowest BCUT2D eigenvalue weighted by Crippen LogP contribution is -2.39. The first kappa shape index (κ1) is 15.5. The van der Waals surface area contributed by atoms with Crippen molar-refractivity contribution in [2.45, 2.75) is 45.6 Å². The Kier molecular flexibility index (Phi) is 5.38. The smallest absolute Gasteiger partial charge is 0.119 e. The quantitative estimate of drug-likeness (QED) is 0.852. The third-order valence-corrected chi connectivity index (χ3v) is 3.53. The molecule has 0 aromatic heterocycles. The van der Waals surface area contributed by atoms with E-state index in [1.165, 1.54) is 11.1 Å². The number of hydrogen-bond donors (Lipinski definition) is 1. The molecule has 0 spiro atoms. The summed E-state index contributed by atoms with van der Waals surface area (Å²) in [5, 5.41) is 12.1. The van der Waals surface area contributed by atoms with Crippen LogP contribution in [0.1, 0.15) is 44.2 Å². The molecular weight excluding hydrogens is 236 g/mol. The van der Waals surface area contributed by atoms with Crippen LogP contribution in [-0.2, 0) is 0 Å². The fraction of sp³-hybridized carbons (Fsp3) is 0.562. The van der Waals surface area contributed by atoms with E-state index in [-0.39, 0.29) is 0 Å². The molecule has 0 aliphatic carbocycles. The molecule has 0 aliphatic heterocycles. The van der Waals surface area contributed by atoms with Crippen LogP contribution in [0.5, 0.6) is 5.75 Å². The molecular formula is C16H24N2O. The molecule has 3 heteroatoms. The summed E-state index contributed by atoms with van der Waals surface area (Å²) in [7, 11) is 1.80. The number of nitrogens with zero attached hydrogens (tertiary/aromatic N) is 1. The van der Waals surface area contributed by atoms with Gasteiger partial charge in [0, 0.05) is 6.42 Å². The molecule has 0 fully saturated rings. The molecule has 1 N–H and O–H groups in total. The monoisotopic (exact) mass is 260 g/mol. The average molecular weight is 260 g/mol. The molecule has 19 heavy (non-hydrogen) atoms. The van der Waals surface area contributed by atoms with Gasteiger partial charge in [-0.05, 0) is 50.1 Å². The summed E-state index contributed by atoms with van der Waals surface area (Å²) in [5.41, 5.74) is 2.08. The molecule has 3 nitrogen and oxygen atoms in total. The van der Waals surface area contributed by atoms with Gasteiger partial charge in [-0.3, -0.25) is 0 Å². The van der Waals surface area contributed by atoms with Gasteiger partial charge in [-0.2, -0.15) is 5.26 Å². The highest BCUT2D eigenvalue weighted by Gasteiger charge is 2.20. The molecule has 1 rings (SSSR count). The molecule has 1 unspecified atom stereocenters. The first-order chi connectivity index (χ1) is 8.91. The summed E-state index contributed by atoms with van der Waals surface area (Å²) >= 11 is 0. The Labute approximate surface area is 116 Å². The minimum atomic E-state index is -0.521. The summed E-state index contributed by atoms with van der Waals surface area (Å²) in [6.45, 7) is 8.90. The molecule has 0 bridgehead atoms. The van der Waals surface area contributed by atoms with Gasteiger partial charge in [-0.1, -0.05) is 19.9 Å². The van der Waals surface area contributed by atoms with Crippen molar-refractivity contribution in [3.8, 4) is 11.8 Å². The minimum Gasteiger partial charge on any atom is -0.493 e. The van der Waals surface area contributed by atoms with E-state index in [1.54, 1.807) is 7.05 Å². The summed E-state index contributed by atoms with van der Waals surface area (Å²) in [6.07, 6.45) is 0.658. The lowest BCUT2D eigenvalue weighted by atomic mass is 9.98. The molecule has 0 radical (unpaired) electrons. The first-order valence-corrected chi connectivity index (χ1v) is 6.75. The van der Waals surface area contributed by atoms with Gasteiger partial charge in [0.15, 0.2) is 0 Å². The summed E-state index contributed by atoms with van der Waals surface area (Å²) < 4.78 is 5.73. The third-order valence-electron chi connectivity index (χ3n) is 3.53. The zero-order chi connectivity index (χ0) is 14.5. The Hall–Kier alpha value is -1.53. The van der Waals surface area contributed by atoms with Crippen molar-refractivity contribution in [2.24, 2.45) is 0 Å². The second-order valence-electron chi connectivity index (χ2n) is 5.47. The molecule has 0 aliphatic rings. The van der Waals surface area contributed by atoms with Crippen molar-refractivity contribution in [3.63, 3.8) is 0 Å². The van der Waals surface area contributed by atoms with E-state index in [0.29, 0.717) is 18.9 Å². The Balaban J connectivity index is 2.60. The fourth-order valence-electron chi connectivity index (χ4n) is 2.00. The zero-order valence-corrected chi connectivity index (χ0v) is 12.6. The Morgan fingerprint density at radius 3 is 2.58 bits per heavy atom. The van der Waals surface area contributed by atoms with Crippen molar-refractivity contribution in [1.29, 1.82) is 5.26 Å². The number of aryl methyl sites for hydroxylation is 1. The molecule has 104 valence electrons. The van der Waals surface area contributed by atoms with Crippen LogP contribution in [0, 0.1) is 18.3 Å². The van der Waals surface area contributed by atoms with E-state index in [2.05, 4.69) is 44.3 Å². The summed E-state index contributed by atoms with van der Waals surface area (Å²) in [5.74, 6) is 1.40. The highest BCUT2D eigenvalue weighted by atomic mass is 16.5.